The summed E-state index contributed by atoms with van der Waals surface area (Å²) in [5.74, 6) is -1.51. The number of alkyl halides is 3. The number of carbonyl (C=O) groups is 1. The molecule has 1 aromatic carbocycles. The zero-order valence-corrected chi connectivity index (χ0v) is 24.0. The SMILES string of the molecule is C[C@H]([C@H]1CCC2=Cc3c(cnn3-c3ccc(F)cc3)C[C@]2(C(=O)c2ncc(C(F)(F)F)s2)C1)S(=O)(=O)c1ncn(C)n1. The number of hydrogen-bond acceptors (Lipinski definition) is 8. The van der Waals surface area contributed by atoms with Gasteiger partial charge in [0.2, 0.25) is 15.6 Å². The Balaban J connectivity index is 1.42. The van der Waals surface area contributed by atoms with Gasteiger partial charge in [-0.3, -0.25) is 9.48 Å². The smallest absolute Gasteiger partial charge is 0.290 e. The summed E-state index contributed by atoms with van der Waals surface area (Å²) in [5.41, 5.74) is 1.27. The third-order valence-corrected chi connectivity index (χ3v) is 11.3. The van der Waals surface area contributed by atoms with Gasteiger partial charge in [-0.05, 0) is 74.4 Å². The fraction of sp³-hybridized carbons (Fsp3) is 0.370. The minimum absolute atomic E-state index is 0.0764. The fourth-order valence-electron chi connectivity index (χ4n) is 5.92. The van der Waals surface area contributed by atoms with Crippen molar-refractivity contribution in [3.63, 3.8) is 0 Å². The molecular formula is C27H24F4N6O3S2. The molecule has 0 amide bonds. The van der Waals surface area contributed by atoms with E-state index in [1.165, 1.54) is 23.1 Å². The minimum Gasteiger partial charge on any atom is -0.290 e. The van der Waals surface area contributed by atoms with Crippen molar-refractivity contribution in [2.45, 2.75) is 49.2 Å². The number of Topliss-reactive ketones (excluding diaryl/α,β-unsaturated/α-hetero) is 1. The van der Waals surface area contributed by atoms with Gasteiger partial charge in [0.15, 0.2) is 5.01 Å². The van der Waals surface area contributed by atoms with Crippen LogP contribution in [0, 0.1) is 17.2 Å². The predicted molar refractivity (Wildman–Crippen MR) is 144 cm³/mol. The van der Waals surface area contributed by atoms with Gasteiger partial charge in [0.25, 0.3) is 5.16 Å². The lowest BCUT2D eigenvalue weighted by Gasteiger charge is -2.44. The maximum Gasteiger partial charge on any atom is 0.427 e. The number of allylic oxidation sites excluding steroid dienone is 1. The maximum absolute atomic E-state index is 14.2. The van der Waals surface area contributed by atoms with Crippen molar-refractivity contribution in [3.8, 4) is 5.69 Å². The number of hydrogen-bond donors (Lipinski definition) is 0. The number of nitrogens with zero attached hydrogens (tertiary/aromatic N) is 6. The Morgan fingerprint density at radius 1 is 1.17 bits per heavy atom. The number of halogens is 4. The van der Waals surface area contributed by atoms with E-state index in [-0.39, 0.29) is 34.3 Å². The van der Waals surface area contributed by atoms with Gasteiger partial charge in [0, 0.05) is 7.05 Å². The van der Waals surface area contributed by atoms with Crippen LogP contribution in [-0.2, 0) is 29.5 Å². The average Bonchev–Trinajstić information content (AvgIpc) is 3.71. The Bertz CT molecular complexity index is 1820. The molecule has 0 N–H and O–H groups in total. The van der Waals surface area contributed by atoms with Gasteiger partial charge < -0.3 is 0 Å². The maximum atomic E-state index is 14.2. The molecule has 3 atom stereocenters. The van der Waals surface area contributed by atoms with Crippen LogP contribution in [0.1, 0.15) is 52.1 Å². The number of benzene rings is 1. The number of carbonyl (C=O) groups excluding carboxylic acids is 1. The van der Waals surface area contributed by atoms with E-state index in [9.17, 15) is 30.8 Å². The van der Waals surface area contributed by atoms with Crippen LogP contribution in [-0.4, -0.2) is 49.0 Å². The van der Waals surface area contributed by atoms with Gasteiger partial charge in [0.1, 0.15) is 17.0 Å². The minimum atomic E-state index is -4.66. The van der Waals surface area contributed by atoms with Crippen LogP contribution < -0.4 is 0 Å². The standard InChI is InChI=1S/C27H24F4N6O3S2/c1-15(42(39,40)25-33-14-36(2)35-25)16-3-4-18-9-21-17(12-34-37(21)20-7-5-19(28)6-8-20)11-26(18,10-16)23(38)24-32-13-22(41-24)27(29,30)31/h5-9,12-16H,3-4,10-11H2,1-2H3/t15-,16+,26-/m1/s1. The second-order valence-electron chi connectivity index (χ2n) is 10.7. The second kappa shape index (κ2) is 9.93. The van der Waals surface area contributed by atoms with Crippen LogP contribution in [0.25, 0.3) is 11.8 Å². The number of ketones is 1. The van der Waals surface area contributed by atoms with E-state index in [2.05, 4.69) is 20.2 Å². The van der Waals surface area contributed by atoms with Crippen molar-refractivity contribution in [2.24, 2.45) is 18.4 Å². The molecule has 15 heteroatoms. The van der Waals surface area contributed by atoms with Crippen LogP contribution in [0.15, 0.2) is 53.7 Å². The first-order chi connectivity index (χ1) is 19.8. The van der Waals surface area contributed by atoms with E-state index in [0.29, 0.717) is 41.6 Å². The number of aromatic nitrogens is 6. The zero-order chi connectivity index (χ0) is 30.0. The molecule has 42 heavy (non-hydrogen) atoms. The molecule has 1 fully saturated rings. The highest BCUT2D eigenvalue weighted by molar-refractivity contribution is 7.91. The van der Waals surface area contributed by atoms with Crippen molar-refractivity contribution in [3.05, 3.63) is 75.5 Å². The molecular weight excluding hydrogens is 596 g/mol. The molecule has 9 nitrogen and oxygen atoms in total. The Kier molecular flexibility index (Phi) is 6.72. The number of sulfone groups is 1. The first-order valence-corrected chi connectivity index (χ1v) is 15.4. The summed E-state index contributed by atoms with van der Waals surface area (Å²) in [6, 6.07) is 5.74. The third kappa shape index (κ3) is 4.68. The van der Waals surface area contributed by atoms with E-state index in [1.807, 2.05) is 0 Å². The quantitative estimate of drug-likeness (QED) is 0.218. The summed E-state index contributed by atoms with van der Waals surface area (Å²) in [6.45, 7) is 1.55. The van der Waals surface area contributed by atoms with Crippen LogP contribution in [0.2, 0.25) is 0 Å². The monoisotopic (exact) mass is 620 g/mol. The first kappa shape index (κ1) is 28.4. The summed E-state index contributed by atoms with van der Waals surface area (Å²) in [5, 5.41) is 6.85. The van der Waals surface area contributed by atoms with Crippen molar-refractivity contribution in [1.82, 2.24) is 29.5 Å². The summed E-state index contributed by atoms with van der Waals surface area (Å²) in [6.07, 6.45) is 1.58. The van der Waals surface area contributed by atoms with Crippen molar-refractivity contribution in [1.29, 1.82) is 0 Å². The highest BCUT2D eigenvalue weighted by Crippen LogP contribution is 2.53. The molecule has 4 aromatic rings. The highest BCUT2D eigenvalue weighted by atomic mass is 32.2. The van der Waals surface area contributed by atoms with E-state index in [1.54, 1.807) is 43.1 Å². The fourth-order valence-corrected chi connectivity index (χ4v) is 8.25. The Morgan fingerprint density at radius 3 is 2.55 bits per heavy atom. The van der Waals surface area contributed by atoms with E-state index >= 15 is 0 Å². The largest absolute Gasteiger partial charge is 0.427 e. The molecule has 6 rings (SSSR count). The third-order valence-electron chi connectivity index (χ3n) is 8.17. The molecule has 3 heterocycles. The molecule has 2 aliphatic carbocycles. The molecule has 3 aromatic heterocycles. The van der Waals surface area contributed by atoms with Gasteiger partial charge in [0.05, 0.1) is 34.4 Å². The zero-order valence-electron chi connectivity index (χ0n) is 22.3. The van der Waals surface area contributed by atoms with E-state index in [4.69, 9.17) is 0 Å². The predicted octanol–water partition coefficient (Wildman–Crippen LogP) is 5.09. The van der Waals surface area contributed by atoms with Crippen LogP contribution >= 0.6 is 11.3 Å². The first-order valence-electron chi connectivity index (χ1n) is 13.0. The Morgan fingerprint density at radius 2 is 1.90 bits per heavy atom. The van der Waals surface area contributed by atoms with Gasteiger partial charge in [-0.15, -0.1) is 16.4 Å². The Labute approximate surface area is 241 Å². The number of aryl methyl sites for hydroxylation is 1. The van der Waals surface area contributed by atoms with Crippen LogP contribution in [0.4, 0.5) is 17.6 Å². The van der Waals surface area contributed by atoms with Crippen molar-refractivity contribution >= 4 is 33.0 Å². The van der Waals surface area contributed by atoms with E-state index < -0.39 is 49.1 Å². The van der Waals surface area contributed by atoms with Gasteiger partial charge >= 0.3 is 6.18 Å². The molecule has 0 saturated heterocycles. The molecule has 0 aliphatic heterocycles. The molecule has 220 valence electrons. The van der Waals surface area contributed by atoms with Crippen molar-refractivity contribution in [2.75, 3.05) is 0 Å². The normalized spacial score (nSPS) is 21.4. The molecule has 0 radical (unpaired) electrons. The van der Waals surface area contributed by atoms with Crippen LogP contribution in [0.5, 0.6) is 0 Å². The lowest BCUT2D eigenvalue weighted by molar-refractivity contribution is -0.134. The molecule has 1 saturated carbocycles. The lowest BCUT2D eigenvalue weighted by Crippen LogP contribution is -2.45. The number of fused-ring (bicyclic) bond motifs is 2. The lowest BCUT2D eigenvalue weighted by atomic mass is 9.59. The highest BCUT2D eigenvalue weighted by Gasteiger charge is 2.52. The average molecular weight is 621 g/mol. The molecule has 0 spiro atoms. The summed E-state index contributed by atoms with van der Waals surface area (Å²) in [4.78, 5) is 21.0. The molecule has 0 bridgehead atoms. The summed E-state index contributed by atoms with van der Waals surface area (Å²) < 4.78 is 83.6. The summed E-state index contributed by atoms with van der Waals surface area (Å²) in [7, 11) is -2.41. The van der Waals surface area contributed by atoms with E-state index in [0.717, 1.165) is 0 Å². The van der Waals surface area contributed by atoms with Gasteiger partial charge in [-0.1, -0.05) is 5.57 Å². The van der Waals surface area contributed by atoms with Gasteiger partial charge in [-0.2, -0.15) is 18.3 Å². The number of rotatable bonds is 6. The molecule has 2 aliphatic rings. The topological polar surface area (TPSA) is 113 Å². The summed E-state index contributed by atoms with van der Waals surface area (Å²) >= 11 is 0.281. The molecule has 0 unspecified atom stereocenters. The van der Waals surface area contributed by atoms with Gasteiger partial charge in [-0.25, -0.2) is 27.5 Å². The Hall–Kier alpha value is -3.72. The second-order valence-corrected chi connectivity index (χ2v) is 13.9. The van der Waals surface area contributed by atoms with Crippen molar-refractivity contribution < 1.29 is 30.8 Å². The number of thiazole rings is 1. The van der Waals surface area contributed by atoms with Crippen LogP contribution in [0.3, 0.4) is 0 Å².